The highest BCUT2D eigenvalue weighted by Gasteiger charge is 2.25. The highest BCUT2D eigenvalue weighted by molar-refractivity contribution is 6.35. The molecule has 2 aromatic rings. The van der Waals surface area contributed by atoms with E-state index >= 15 is 0 Å². The minimum absolute atomic E-state index is 0.658. The van der Waals surface area contributed by atoms with E-state index < -0.39 is 0 Å². The zero-order valence-corrected chi connectivity index (χ0v) is 12.0. The van der Waals surface area contributed by atoms with Gasteiger partial charge in [-0.15, -0.1) is 0 Å². The Hall–Kier alpha value is -1.18. The third-order valence-electron chi connectivity index (χ3n) is 3.42. The Morgan fingerprint density at radius 3 is 2.37 bits per heavy atom. The first kappa shape index (κ1) is 12.8. The summed E-state index contributed by atoms with van der Waals surface area (Å²) in [6, 6.07) is 14.2. The number of benzene rings is 2. The summed E-state index contributed by atoms with van der Waals surface area (Å²) in [7, 11) is 0. The monoisotopic (exact) mass is 291 g/mol. The normalized spacial score (nSPS) is 14.4. The molecule has 1 N–H and O–H groups in total. The Bertz CT molecular complexity index is 571. The second kappa shape index (κ2) is 5.44. The minimum atomic E-state index is 0.658. The molecule has 98 valence electrons. The SMILES string of the molecule is Clc1cc(Cl)cc(NCc2ccccc2C2CC2)c1. The number of hydrogen-bond donors (Lipinski definition) is 1. The molecule has 19 heavy (non-hydrogen) atoms. The molecule has 1 fully saturated rings. The molecule has 0 radical (unpaired) electrons. The van der Waals surface area contributed by atoms with Crippen molar-refractivity contribution in [1.29, 1.82) is 0 Å². The summed E-state index contributed by atoms with van der Waals surface area (Å²) in [6.07, 6.45) is 2.64. The highest BCUT2D eigenvalue weighted by Crippen LogP contribution is 2.41. The fourth-order valence-electron chi connectivity index (χ4n) is 2.34. The van der Waals surface area contributed by atoms with Crippen LogP contribution in [0.25, 0.3) is 0 Å². The van der Waals surface area contributed by atoms with Gasteiger partial charge < -0.3 is 5.32 Å². The molecule has 2 aromatic carbocycles. The standard InChI is InChI=1S/C16H15Cl2N/c17-13-7-14(18)9-15(8-13)19-10-12-3-1-2-4-16(12)11-5-6-11/h1-4,7-9,11,19H,5-6,10H2. The number of nitrogens with one attached hydrogen (secondary N) is 1. The lowest BCUT2D eigenvalue weighted by Crippen LogP contribution is -2.02. The largest absolute Gasteiger partial charge is 0.381 e. The van der Waals surface area contributed by atoms with Crippen LogP contribution in [-0.2, 0) is 6.54 Å². The predicted molar refractivity (Wildman–Crippen MR) is 82.2 cm³/mol. The van der Waals surface area contributed by atoms with Gasteiger partial charge in [-0.05, 0) is 48.1 Å². The van der Waals surface area contributed by atoms with Crippen molar-refractivity contribution in [2.45, 2.75) is 25.3 Å². The fourth-order valence-corrected chi connectivity index (χ4v) is 2.87. The maximum Gasteiger partial charge on any atom is 0.0441 e. The van der Waals surface area contributed by atoms with Crippen LogP contribution in [0.4, 0.5) is 5.69 Å². The maximum absolute atomic E-state index is 6.00. The first-order valence-electron chi connectivity index (χ1n) is 6.50. The average Bonchev–Trinajstić information content (AvgIpc) is 3.20. The Labute approximate surface area is 123 Å². The summed E-state index contributed by atoms with van der Waals surface area (Å²) < 4.78 is 0. The second-order valence-electron chi connectivity index (χ2n) is 4.98. The van der Waals surface area contributed by atoms with E-state index in [1.807, 2.05) is 12.1 Å². The Morgan fingerprint density at radius 1 is 1.00 bits per heavy atom. The van der Waals surface area contributed by atoms with Gasteiger partial charge in [0.05, 0.1) is 0 Å². The van der Waals surface area contributed by atoms with Crippen LogP contribution in [0.15, 0.2) is 42.5 Å². The summed E-state index contributed by atoms with van der Waals surface area (Å²) >= 11 is 12.0. The topological polar surface area (TPSA) is 12.0 Å². The summed E-state index contributed by atoms with van der Waals surface area (Å²) in [5.74, 6) is 0.765. The van der Waals surface area contributed by atoms with Crippen molar-refractivity contribution in [3.8, 4) is 0 Å². The van der Waals surface area contributed by atoms with Crippen molar-refractivity contribution in [3.05, 3.63) is 63.6 Å². The molecule has 0 aromatic heterocycles. The molecular weight excluding hydrogens is 277 g/mol. The minimum Gasteiger partial charge on any atom is -0.381 e. The molecule has 0 spiro atoms. The van der Waals surface area contributed by atoms with Crippen LogP contribution in [0.3, 0.4) is 0 Å². The van der Waals surface area contributed by atoms with E-state index in [4.69, 9.17) is 23.2 Å². The number of halogens is 2. The number of anilines is 1. The van der Waals surface area contributed by atoms with Crippen molar-refractivity contribution in [1.82, 2.24) is 0 Å². The maximum atomic E-state index is 6.00. The summed E-state index contributed by atoms with van der Waals surface area (Å²) in [6.45, 7) is 0.809. The van der Waals surface area contributed by atoms with Gasteiger partial charge in [0.2, 0.25) is 0 Å². The second-order valence-corrected chi connectivity index (χ2v) is 5.86. The molecule has 1 nitrogen and oxygen atoms in total. The van der Waals surface area contributed by atoms with Gasteiger partial charge in [0.15, 0.2) is 0 Å². The Kier molecular flexibility index (Phi) is 3.67. The van der Waals surface area contributed by atoms with Crippen LogP contribution >= 0.6 is 23.2 Å². The van der Waals surface area contributed by atoms with E-state index in [1.54, 1.807) is 6.07 Å². The third kappa shape index (κ3) is 3.23. The highest BCUT2D eigenvalue weighted by atomic mass is 35.5. The first-order chi connectivity index (χ1) is 9.22. The van der Waals surface area contributed by atoms with Crippen molar-refractivity contribution >= 4 is 28.9 Å². The zero-order chi connectivity index (χ0) is 13.2. The molecule has 0 saturated heterocycles. The van der Waals surface area contributed by atoms with Crippen molar-refractivity contribution < 1.29 is 0 Å². The zero-order valence-electron chi connectivity index (χ0n) is 10.5. The lowest BCUT2D eigenvalue weighted by atomic mass is 10.0. The van der Waals surface area contributed by atoms with Crippen LogP contribution in [-0.4, -0.2) is 0 Å². The van der Waals surface area contributed by atoms with Gasteiger partial charge >= 0.3 is 0 Å². The van der Waals surface area contributed by atoms with Gasteiger partial charge in [-0.25, -0.2) is 0 Å². The van der Waals surface area contributed by atoms with E-state index in [1.165, 1.54) is 24.0 Å². The van der Waals surface area contributed by atoms with Gasteiger partial charge in [-0.2, -0.15) is 0 Å². The molecule has 0 heterocycles. The van der Waals surface area contributed by atoms with Crippen LogP contribution in [0.2, 0.25) is 10.0 Å². The molecule has 3 rings (SSSR count). The molecule has 0 unspecified atom stereocenters. The van der Waals surface area contributed by atoms with Gasteiger partial charge in [0, 0.05) is 22.3 Å². The number of hydrogen-bond acceptors (Lipinski definition) is 1. The molecule has 1 saturated carbocycles. The van der Waals surface area contributed by atoms with Gasteiger partial charge in [-0.3, -0.25) is 0 Å². The van der Waals surface area contributed by atoms with E-state index in [9.17, 15) is 0 Å². The fraction of sp³-hybridized carbons (Fsp3) is 0.250. The summed E-state index contributed by atoms with van der Waals surface area (Å²) in [4.78, 5) is 0. The van der Waals surface area contributed by atoms with Crippen molar-refractivity contribution in [2.75, 3.05) is 5.32 Å². The lowest BCUT2D eigenvalue weighted by Gasteiger charge is -2.11. The van der Waals surface area contributed by atoms with E-state index in [0.717, 1.165) is 18.2 Å². The summed E-state index contributed by atoms with van der Waals surface area (Å²) in [5, 5.41) is 4.71. The molecule has 0 amide bonds. The van der Waals surface area contributed by atoms with Gasteiger partial charge in [0.25, 0.3) is 0 Å². The Morgan fingerprint density at radius 2 is 1.68 bits per heavy atom. The first-order valence-corrected chi connectivity index (χ1v) is 7.26. The molecule has 1 aliphatic carbocycles. The smallest absolute Gasteiger partial charge is 0.0441 e. The van der Waals surface area contributed by atoms with Gasteiger partial charge in [-0.1, -0.05) is 47.5 Å². The van der Waals surface area contributed by atoms with Crippen LogP contribution < -0.4 is 5.32 Å². The molecule has 0 bridgehead atoms. The van der Waals surface area contributed by atoms with Crippen LogP contribution in [0.5, 0.6) is 0 Å². The van der Waals surface area contributed by atoms with Crippen LogP contribution in [0.1, 0.15) is 29.9 Å². The molecule has 0 aliphatic heterocycles. The molecule has 1 aliphatic rings. The van der Waals surface area contributed by atoms with E-state index in [-0.39, 0.29) is 0 Å². The third-order valence-corrected chi connectivity index (χ3v) is 3.85. The van der Waals surface area contributed by atoms with Crippen molar-refractivity contribution in [2.24, 2.45) is 0 Å². The lowest BCUT2D eigenvalue weighted by molar-refractivity contribution is 1.04. The molecular formula is C16H15Cl2N. The Balaban J connectivity index is 1.75. The van der Waals surface area contributed by atoms with E-state index in [2.05, 4.69) is 29.6 Å². The quantitative estimate of drug-likeness (QED) is 0.786. The van der Waals surface area contributed by atoms with E-state index in [0.29, 0.717) is 10.0 Å². The number of rotatable bonds is 4. The summed E-state index contributed by atoms with van der Waals surface area (Å²) in [5.41, 5.74) is 3.80. The van der Waals surface area contributed by atoms with Crippen LogP contribution in [0, 0.1) is 0 Å². The average molecular weight is 292 g/mol. The molecule has 0 atom stereocenters. The predicted octanol–water partition coefficient (Wildman–Crippen LogP) is 5.48. The molecule has 3 heteroatoms. The van der Waals surface area contributed by atoms with Crippen molar-refractivity contribution in [3.63, 3.8) is 0 Å². The van der Waals surface area contributed by atoms with Gasteiger partial charge in [0.1, 0.15) is 0 Å².